The first-order valence-corrected chi connectivity index (χ1v) is 13.3. The molecule has 2 aromatic heterocycles. The van der Waals surface area contributed by atoms with E-state index in [9.17, 15) is 13.6 Å². The van der Waals surface area contributed by atoms with Crippen LogP contribution in [0.1, 0.15) is 45.4 Å². The van der Waals surface area contributed by atoms with Crippen molar-refractivity contribution in [2.45, 2.75) is 74.8 Å². The van der Waals surface area contributed by atoms with E-state index in [0.717, 1.165) is 38.2 Å². The van der Waals surface area contributed by atoms with Crippen LogP contribution in [0.5, 0.6) is 0 Å². The predicted octanol–water partition coefficient (Wildman–Crippen LogP) is 3.94. The van der Waals surface area contributed by atoms with Crippen LogP contribution in [0, 0.1) is 0 Å². The van der Waals surface area contributed by atoms with Crippen molar-refractivity contribution in [3.05, 3.63) is 35.5 Å². The van der Waals surface area contributed by atoms with Crippen LogP contribution < -0.4 is 21.7 Å². The van der Waals surface area contributed by atoms with E-state index in [-0.39, 0.29) is 17.6 Å². The van der Waals surface area contributed by atoms with Crippen LogP contribution in [-0.2, 0) is 14.3 Å². The minimum absolute atomic E-state index is 0.125. The fourth-order valence-electron chi connectivity index (χ4n) is 4.94. The zero-order valence-electron chi connectivity index (χ0n) is 21.2. The maximum atomic E-state index is 13.3. The second-order valence-electron chi connectivity index (χ2n) is 10.6. The van der Waals surface area contributed by atoms with Crippen LogP contribution in [0.3, 0.4) is 0 Å². The number of halogens is 3. The molecule has 5 N–H and O–H groups in total. The summed E-state index contributed by atoms with van der Waals surface area (Å²) in [6.45, 7) is 3.04. The zero-order valence-corrected chi connectivity index (χ0v) is 22.0. The molecule has 2 saturated heterocycles. The number of alkyl halides is 2. The lowest BCUT2D eigenvalue weighted by atomic mass is 9.90. The number of anilines is 2. The van der Waals surface area contributed by atoms with Gasteiger partial charge in [0, 0.05) is 49.1 Å². The van der Waals surface area contributed by atoms with Gasteiger partial charge in [0.05, 0.1) is 10.7 Å². The second kappa shape index (κ2) is 10.5. The normalized spacial score (nSPS) is 27.8. The van der Waals surface area contributed by atoms with E-state index in [2.05, 4.69) is 25.7 Å². The van der Waals surface area contributed by atoms with Crippen molar-refractivity contribution < 1.29 is 23.0 Å². The third kappa shape index (κ3) is 5.85. The quantitative estimate of drug-likeness (QED) is 0.364. The van der Waals surface area contributed by atoms with Crippen molar-refractivity contribution in [2.24, 2.45) is 5.73 Å². The van der Waals surface area contributed by atoms with Crippen molar-refractivity contribution in [1.29, 1.82) is 0 Å². The van der Waals surface area contributed by atoms with Crippen molar-refractivity contribution >= 4 is 29.1 Å². The minimum atomic E-state index is -3.39. The Kier molecular flexibility index (Phi) is 7.47. The summed E-state index contributed by atoms with van der Waals surface area (Å²) >= 11 is 6.49. The van der Waals surface area contributed by atoms with Gasteiger partial charge in [-0.05, 0) is 63.6 Å². The number of nitrogens with zero attached hydrogens (tertiary/aromatic N) is 2. The van der Waals surface area contributed by atoms with Gasteiger partial charge in [-0.25, -0.2) is 9.97 Å². The summed E-state index contributed by atoms with van der Waals surface area (Å²) in [5.41, 5.74) is 5.58. The molecule has 12 heteroatoms. The summed E-state index contributed by atoms with van der Waals surface area (Å²) in [4.78, 5) is 21.3. The van der Waals surface area contributed by atoms with Gasteiger partial charge in [-0.15, -0.1) is 0 Å². The number of carbonyl (C=O) groups is 1. The molecular formula is C26H33ClF2N6O3. The Bertz CT molecular complexity index is 1170. The number of pyridine rings is 2. The smallest absolute Gasteiger partial charge is 0.381 e. The summed E-state index contributed by atoms with van der Waals surface area (Å²) < 4.78 is 36.3. The third-order valence-corrected chi connectivity index (χ3v) is 7.99. The molecule has 1 saturated carbocycles. The number of nitrogens with two attached hydrogens (primary N) is 1. The molecule has 3 fully saturated rings. The fraction of sp³-hybridized carbons (Fsp3) is 0.577. The van der Waals surface area contributed by atoms with E-state index in [0.29, 0.717) is 55.0 Å². The number of nitrogens with one attached hydrogen (secondary N) is 3. The Balaban J connectivity index is 1.17. The molecular weight excluding hydrogens is 518 g/mol. The molecule has 1 aliphatic carbocycles. The van der Waals surface area contributed by atoms with Gasteiger partial charge in [0.2, 0.25) is 5.60 Å². The number of ether oxygens (including phenoxy) is 2. The zero-order chi connectivity index (χ0) is 27.0. The second-order valence-corrected chi connectivity index (χ2v) is 11.0. The average Bonchev–Trinajstić information content (AvgIpc) is 3.44. The number of aromatic nitrogens is 2. The largest absolute Gasteiger partial charge is 0.395 e. The van der Waals surface area contributed by atoms with Crippen LogP contribution in [0.25, 0.3) is 11.3 Å². The molecule has 0 bridgehead atoms. The molecule has 0 spiro atoms. The van der Waals surface area contributed by atoms with Crippen LogP contribution in [0.4, 0.5) is 20.4 Å². The van der Waals surface area contributed by atoms with Crippen LogP contribution in [0.2, 0.25) is 5.02 Å². The van der Waals surface area contributed by atoms with Crippen LogP contribution in [-0.4, -0.2) is 65.0 Å². The Morgan fingerprint density at radius 2 is 1.84 bits per heavy atom. The topological polar surface area (TPSA) is 127 Å². The summed E-state index contributed by atoms with van der Waals surface area (Å²) in [5.74, 6) is 0.616. The molecule has 206 valence electrons. The van der Waals surface area contributed by atoms with Gasteiger partial charge in [0.15, 0.2) is 0 Å². The monoisotopic (exact) mass is 550 g/mol. The highest BCUT2D eigenvalue weighted by atomic mass is 35.5. The first kappa shape index (κ1) is 27.0. The van der Waals surface area contributed by atoms with Gasteiger partial charge < -0.3 is 26.4 Å². The highest BCUT2D eigenvalue weighted by Crippen LogP contribution is 2.50. The number of epoxide rings is 1. The van der Waals surface area contributed by atoms with Gasteiger partial charge in [0.25, 0.3) is 5.91 Å². The van der Waals surface area contributed by atoms with Crippen molar-refractivity contribution in [3.8, 4) is 11.3 Å². The van der Waals surface area contributed by atoms with E-state index in [1.165, 1.54) is 0 Å². The number of hydrogen-bond acceptors (Lipinski definition) is 8. The Morgan fingerprint density at radius 3 is 2.53 bits per heavy atom. The number of amides is 1. The summed E-state index contributed by atoms with van der Waals surface area (Å²) in [6, 6.07) is 7.54. The maximum Gasteiger partial charge on any atom is 0.395 e. The van der Waals surface area contributed by atoms with E-state index >= 15 is 0 Å². The molecule has 4 heterocycles. The lowest BCUT2D eigenvalue weighted by molar-refractivity contribution is -0.127. The first-order chi connectivity index (χ1) is 18.1. The average molecular weight is 551 g/mol. The maximum absolute atomic E-state index is 13.3. The van der Waals surface area contributed by atoms with Crippen molar-refractivity contribution in [2.75, 3.05) is 30.4 Å². The summed E-state index contributed by atoms with van der Waals surface area (Å²) in [5, 5.41) is 9.98. The van der Waals surface area contributed by atoms with Crippen molar-refractivity contribution in [1.82, 2.24) is 15.3 Å². The van der Waals surface area contributed by atoms with E-state index < -0.39 is 17.6 Å². The standard InChI is InChI=1S/C26H33ClF2N6O3/c1-24(26(28,29)38-24)23(36)34-17-7-5-16(6-8-17)33-22-13-18(19(27)14-31-22)20-3-2-4-21(35-20)32-15-25(30)9-11-37-12-10-25/h2-4,13-14,16-17H,5-12,15,30H2,1H3,(H,31,33)(H,32,35)(H,34,36)/t16-,17-,24?. The Labute approximate surface area is 225 Å². The number of hydrogen-bond donors (Lipinski definition) is 4. The van der Waals surface area contributed by atoms with Gasteiger partial charge in [-0.1, -0.05) is 17.7 Å². The lowest BCUT2D eigenvalue weighted by Crippen LogP contribution is -2.50. The minimum Gasteiger partial charge on any atom is -0.381 e. The predicted molar refractivity (Wildman–Crippen MR) is 140 cm³/mol. The van der Waals surface area contributed by atoms with E-state index in [1.807, 2.05) is 24.3 Å². The molecule has 2 aliphatic heterocycles. The number of carbonyl (C=O) groups excluding carboxylic acids is 1. The molecule has 0 aromatic carbocycles. The fourth-order valence-corrected chi connectivity index (χ4v) is 5.14. The molecule has 3 aliphatic rings. The first-order valence-electron chi connectivity index (χ1n) is 13.0. The Hall–Kier alpha value is -2.60. The Morgan fingerprint density at radius 1 is 1.16 bits per heavy atom. The van der Waals surface area contributed by atoms with E-state index in [4.69, 9.17) is 27.1 Å². The number of rotatable bonds is 8. The highest BCUT2D eigenvalue weighted by Gasteiger charge is 2.76. The van der Waals surface area contributed by atoms with E-state index in [1.54, 1.807) is 6.20 Å². The van der Waals surface area contributed by atoms with Gasteiger partial charge >= 0.3 is 6.11 Å². The summed E-state index contributed by atoms with van der Waals surface area (Å²) in [7, 11) is 0. The molecule has 1 amide bonds. The molecule has 1 atom stereocenters. The third-order valence-electron chi connectivity index (χ3n) is 7.68. The van der Waals surface area contributed by atoms with Gasteiger partial charge in [0.1, 0.15) is 11.6 Å². The van der Waals surface area contributed by atoms with Crippen LogP contribution >= 0.6 is 11.6 Å². The SMILES string of the molecule is CC1(C(=O)N[C@H]2CC[C@H](Nc3cc(-c4cccc(NCC5(N)CCOCC5)n4)c(Cl)cn3)CC2)OC1(F)F. The van der Waals surface area contributed by atoms with Crippen LogP contribution in [0.15, 0.2) is 30.5 Å². The molecule has 1 unspecified atom stereocenters. The van der Waals surface area contributed by atoms with Gasteiger partial charge in [-0.3, -0.25) is 9.53 Å². The van der Waals surface area contributed by atoms with Crippen molar-refractivity contribution in [3.63, 3.8) is 0 Å². The molecule has 2 aromatic rings. The molecule has 38 heavy (non-hydrogen) atoms. The molecule has 0 radical (unpaired) electrons. The highest BCUT2D eigenvalue weighted by molar-refractivity contribution is 6.33. The van der Waals surface area contributed by atoms with Gasteiger partial charge in [-0.2, -0.15) is 8.78 Å². The molecule has 5 rings (SSSR count). The lowest BCUT2D eigenvalue weighted by Gasteiger charge is -2.33. The molecule has 9 nitrogen and oxygen atoms in total. The summed E-state index contributed by atoms with van der Waals surface area (Å²) in [6.07, 6.45) is 2.62.